The number of hydrogen-bond donors (Lipinski definition) is 2. The summed E-state index contributed by atoms with van der Waals surface area (Å²) in [5, 5.41) is 18.5. The fourth-order valence-corrected chi connectivity index (χ4v) is 2.62. The summed E-state index contributed by atoms with van der Waals surface area (Å²) in [7, 11) is 0. The Morgan fingerprint density at radius 1 is 0.694 bits per heavy atom. The van der Waals surface area contributed by atoms with E-state index >= 15 is 0 Å². The Hall–Kier alpha value is -3.50. The van der Waals surface area contributed by atoms with E-state index in [0.717, 1.165) is 0 Å². The summed E-state index contributed by atoms with van der Waals surface area (Å²) in [4.78, 5) is 48.6. The molecule has 2 unspecified atom stereocenters. The summed E-state index contributed by atoms with van der Waals surface area (Å²) >= 11 is 0. The predicted molar refractivity (Wildman–Crippen MR) is 129 cm³/mol. The van der Waals surface area contributed by atoms with Gasteiger partial charge < -0.3 is 29.2 Å². The first kappa shape index (κ1) is 30.5. The second-order valence-electron chi connectivity index (χ2n) is 8.03. The minimum Gasteiger partial charge on any atom is -0.459 e. The molecule has 2 N–H and O–H groups in total. The van der Waals surface area contributed by atoms with Crippen LogP contribution in [0.25, 0.3) is 0 Å². The lowest BCUT2D eigenvalue weighted by Gasteiger charge is -2.11. The van der Waals surface area contributed by atoms with Crippen LogP contribution in [0.15, 0.2) is 47.6 Å². The maximum atomic E-state index is 12.4. The van der Waals surface area contributed by atoms with Crippen LogP contribution in [-0.2, 0) is 28.5 Å². The maximum absolute atomic E-state index is 12.4. The Kier molecular flexibility index (Phi) is 13.8. The van der Waals surface area contributed by atoms with Crippen LogP contribution in [0.3, 0.4) is 0 Å². The quantitative estimate of drug-likeness (QED) is 0.167. The SMILES string of the molecule is C/C(=C\CC(C)O)C(=O)OCCOC(=O)c1ccccc1C(=O)OCCOC(=O)/C(C)=C/CC(C)O. The fourth-order valence-electron chi connectivity index (χ4n) is 2.62. The first-order valence-electron chi connectivity index (χ1n) is 11.5. The molecule has 1 rings (SSSR count). The second kappa shape index (κ2) is 16.2. The van der Waals surface area contributed by atoms with E-state index in [2.05, 4.69) is 0 Å². The van der Waals surface area contributed by atoms with E-state index in [4.69, 9.17) is 18.9 Å². The average Bonchev–Trinajstić information content (AvgIpc) is 2.85. The lowest BCUT2D eigenvalue weighted by atomic mass is 10.1. The Balaban J connectivity index is 2.52. The first-order valence-corrected chi connectivity index (χ1v) is 11.5. The molecule has 0 saturated heterocycles. The number of carbonyl (C=O) groups is 4. The molecule has 0 aliphatic rings. The molecule has 0 spiro atoms. The third-order valence-corrected chi connectivity index (χ3v) is 4.64. The summed E-state index contributed by atoms with van der Waals surface area (Å²) < 4.78 is 20.2. The summed E-state index contributed by atoms with van der Waals surface area (Å²) in [6.45, 7) is 5.47. The standard InChI is InChI=1S/C26H34O10/c1-17(9-11-19(3)27)23(29)33-13-15-35-25(31)21-7-5-6-8-22(21)26(32)36-16-14-34-24(30)18(2)10-12-20(4)28/h5-10,19-20,27-28H,11-16H2,1-4H3/b17-9+,18-10+. The van der Waals surface area contributed by atoms with Crippen molar-refractivity contribution >= 4 is 23.9 Å². The van der Waals surface area contributed by atoms with Crippen molar-refractivity contribution < 1.29 is 48.3 Å². The number of benzene rings is 1. The molecule has 0 aromatic heterocycles. The molecule has 1 aromatic rings. The van der Waals surface area contributed by atoms with E-state index in [1.54, 1.807) is 52.0 Å². The largest absolute Gasteiger partial charge is 0.459 e. The minimum absolute atomic E-state index is 0.0317. The molecule has 0 amide bonds. The molecule has 0 radical (unpaired) electrons. The van der Waals surface area contributed by atoms with Crippen molar-refractivity contribution in [3.05, 3.63) is 58.7 Å². The van der Waals surface area contributed by atoms with Crippen LogP contribution < -0.4 is 0 Å². The lowest BCUT2D eigenvalue weighted by molar-refractivity contribution is -0.140. The van der Waals surface area contributed by atoms with Crippen molar-refractivity contribution in [3.63, 3.8) is 0 Å². The zero-order valence-corrected chi connectivity index (χ0v) is 21.0. The van der Waals surface area contributed by atoms with Crippen LogP contribution in [0, 0.1) is 0 Å². The van der Waals surface area contributed by atoms with Gasteiger partial charge in [-0.3, -0.25) is 0 Å². The third kappa shape index (κ3) is 11.8. The van der Waals surface area contributed by atoms with E-state index < -0.39 is 36.1 Å². The monoisotopic (exact) mass is 506 g/mol. The molecule has 0 heterocycles. The van der Waals surface area contributed by atoms with Gasteiger partial charge in [-0.15, -0.1) is 0 Å². The van der Waals surface area contributed by atoms with E-state index in [9.17, 15) is 29.4 Å². The number of aliphatic hydroxyl groups is 2. The molecule has 1 aromatic carbocycles. The third-order valence-electron chi connectivity index (χ3n) is 4.64. The van der Waals surface area contributed by atoms with E-state index in [0.29, 0.717) is 24.0 Å². The van der Waals surface area contributed by atoms with Crippen LogP contribution in [0.1, 0.15) is 61.3 Å². The van der Waals surface area contributed by atoms with Crippen LogP contribution in [0.4, 0.5) is 0 Å². The highest BCUT2D eigenvalue weighted by Crippen LogP contribution is 2.12. The first-order chi connectivity index (χ1) is 17.0. The van der Waals surface area contributed by atoms with Gasteiger partial charge in [0.05, 0.1) is 23.3 Å². The van der Waals surface area contributed by atoms with Gasteiger partial charge in [0.25, 0.3) is 0 Å². The minimum atomic E-state index is -0.801. The summed E-state index contributed by atoms with van der Waals surface area (Å²) in [6.07, 6.45) is 2.57. The van der Waals surface area contributed by atoms with Crippen molar-refractivity contribution in [2.75, 3.05) is 26.4 Å². The number of aliphatic hydroxyl groups excluding tert-OH is 2. The van der Waals surface area contributed by atoms with Crippen LogP contribution in [0.2, 0.25) is 0 Å². The Bertz CT molecular complexity index is 882. The van der Waals surface area contributed by atoms with Gasteiger partial charge in [0.2, 0.25) is 0 Å². The Labute approximate surface area is 210 Å². The van der Waals surface area contributed by atoms with E-state index in [1.807, 2.05) is 0 Å². The van der Waals surface area contributed by atoms with Gasteiger partial charge in [-0.25, -0.2) is 19.2 Å². The molecule has 0 bridgehead atoms. The van der Waals surface area contributed by atoms with Gasteiger partial charge in [0, 0.05) is 11.1 Å². The zero-order chi connectivity index (χ0) is 27.1. The molecule has 0 saturated carbocycles. The molecule has 36 heavy (non-hydrogen) atoms. The van der Waals surface area contributed by atoms with Gasteiger partial charge in [0.15, 0.2) is 0 Å². The summed E-state index contributed by atoms with van der Waals surface area (Å²) in [5.74, 6) is -2.79. The van der Waals surface area contributed by atoms with Crippen molar-refractivity contribution in [3.8, 4) is 0 Å². The molecular weight excluding hydrogens is 472 g/mol. The van der Waals surface area contributed by atoms with Crippen LogP contribution in [0.5, 0.6) is 0 Å². The van der Waals surface area contributed by atoms with Gasteiger partial charge in [-0.1, -0.05) is 24.3 Å². The fraction of sp³-hybridized carbons (Fsp3) is 0.462. The van der Waals surface area contributed by atoms with Crippen LogP contribution >= 0.6 is 0 Å². The number of ether oxygens (including phenoxy) is 4. The van der Waals surface area contributed by atoms with E-state index in [-0.39, 0.29) is 37.6 Å². The number of esters is 4. The maximum Gasteiger partial charge on any atom is 0.339 e. The highest BCUT2D eigenvalue weighted by Gasteiger charge is 2.19. The number of carbonyl (C=O) groups excluding carboxylic acids is 4. The lowest BCUT2D eigenvalue weighted by Crippen LogP contribution is -2.19. The van der Waals surface area contributed by atoms with E-state index in [1.165, 1.54) is 12.1 Å². The Morgan fingerprint density at radius 3 is 1.36 bits per heavy atom. The normalized spacial score (nSPS) is 13.4. The highest BCUT2D eigenvalue weighted by molar-refractivity contribution is 6.03. The molecule has 2 atom stereocenters. The molecule has 0 fully saturated rings. The van der Waals surface area contributed by atoms with Gasteiger partial charge >= 0.3 is 23.9 Å². The van der Waals surface area contributed by atoms with Crippen molar-refractivity contribution in [1.82, 2.24) is 0 Å². The van der Waals surface area contributed by atoms with Crippen molar-refractivity contribution in [2.24, 2.45) is 0 Å². The van der Waals surface area contributed by atoms with Gasteiger partial charge in [0.1, 0.15) is 26.4 Å². The molecular formula is C26H34O10. The molecule has 10 nitrogen and oxygen atoms in total. The number of hydrogen-bond acceptors (Lipinski definition) is 10. The zero-order valence-electron chi connectivity index (χ0n) is 21.0. The average molecular weight is 507 g/mol. The molecule has 198 valence electrons. The summed E-state index contributed by atoms with van der Waals surface area (Å²) in [5.41, 5.74) is 0.588. The highest BCUT2D eigenvalue weighted by atomic mass is 16.6. The van der Waals surface area contributed by atoms with Crippen LogP contribution in [-0.4, -0.2) is 72.7 Å². The van der Waals surface area contributed by atoms with Gasteiger partial charge in [-0.05, 0) is 52.7 Å². The number of rotatable bonds is 14. The topological polar surface area (TPSA) is 146 Å². The van der Waals surface area contributed by atoms with Crippen molar-refractivity contribution in [1.29, 1.82) is 0 Å². The smallest absolute Gasteiger partial charge is 0.339 e. The van der Waals surface area contributed by atoms with Gasteiger partial charge in [-0.2, -0.15) is 0 Å². The Morgan fingerprint density at radius 2 is 1.03 bits per heavy atom. The molecule has 10 heteroatoms. The van der Waals surface area contributed by atoms with Crippen molar-refractivity contribution in [2.45, 2.75) is 52.7 Å². The molecule has 0 aliphatic heterocycles. The summed E-state index contributed by atoms with van der Waals surface area (Å²) in [6, 6.07) is 5.89. The second-order valence-corrected chi connectivity index (χ2v) is 8.03. The molecule has 0 aliphatic carbocycles. The predicted octanol–water partition coefficient (Wildman–Crippen LogP) is 2.52.